The van der Waals surface area contributed by atoms with Crippen molar-refractivity contribution < 1.29 is 14.0 Å². The van der Waals surface area contributed by atoms with Crippen LogP contribution in [0.3, 0.4) is 0 Å². The third-order valence-electron chi connectivity index (χ3n) is 4.02. The van der Waals surface area contributed by atoms with E-state index >= 15 is 0 Å². The van der Waals surface area contributed by atoms with E-state index in [4.69, 9.17) is 16.1 Å². The average Bonchev–Trinajstić information content (AvgIpc) is 3.09. The second-order valence-electron chi connectivity index (χ2n) is 6.26. The quantitative estimate of drug-likeness (QED) is 0.635. The number of hydrogen-bond acceptors (Lipinski definition) is 4. The number of amides is 2. The number of nitrogens with zero attached hydrogens (tertiary/aromatic N) is 3. The third kappa shape index (κ3) is 5.29. The van der Waals surface area contributed by atoms with Gasteiger partial charge in [-0.3, -0.25) is 14.7 Å². The maximum atomic E-state index is 12.1. The van der Waals surface area contributed by atoms with Crippen LogP contribution in [0.15, 0.2) is 65.3 Å². The Kier molecular flexibility index (Phi) is 6.05. The number of likely N-dealkylation sites (N-methyl/N-ethyl adjacent to an activating group) is 1. The maximum absolute atomic E-state index is 12.1. The molecule has 1 heterocycles. The standard InChI is InChI=1S/C19H20ClN5O2/c1-24(2)17(14-6-4-3-5-7-14)12-25-13-18(27-23-25)22-19(26)21-16-10-8-15(20)9-11-16/h3-11,13,17H,12H2,1-2H3,(H-,21,22,23,26)/p+1. The molecule has 0 radical (unpaired) electrons. The summed E-state index contributed by atoms with van der Waals surface area (Å²) in [6.07, 6.45) is 1.65. The normalized spacial score (nSPS) is 12.0. The molecule has 0 spiro atoms. The van der Waals surface area contributed by atoms with Gasteiger partial charge in [0.25, 0.3) is 6.20 Å². The van der Waals surface area contributed by atoms with Crippen LogP contribution in [-0.2, 0) is 6.54 Å². The van der Waals surface area contributed by atoms with Crippen molar-refractivity contribution in [3.05, 3.63) is 71.4 Å². The zero-order chi connectivity index (χ0) is 19.2. The second-order valence-corrected chi connectivity index (χ2v) is 6.70. The summed E-state index contributed by atoms with van der Waals surface area (Å²) in [5.41, 5.74) is 1.80. The minimum absolute atomic E-state index is 0.122. The van der Waals surface area contributed by atoms with Gasteiger partial charge < -0.3 is 5.32 Å². The lowest BCUT2D eigenvalue weighted by molar-refractivity contribution is -0.766. The highest BCUT2D eigenvalue weighted by atomic mass is 35.5. The fourth-order valence-corrected chi connectivity index (χ4v) is 2.77. The molecule has 0 aliphatic heterocycles. The van der Waals surface area contributed by atoms with Crippen molar-refractivity contribution in [1.82, 2.24) is 10.2 Å². The minimum Gasteiger partial charge on any atom is -0.308 e. The number of benzene rings is 2. The van der Waals surface area contributed by atoms with Crippen LogP contribution >= 0.6 is 11.6 Å². The highest BCUT2D eigenvalue weighted by Crippen LogP contribution is 2.18. The van der Waals surface area contributed by atoms with Crippen molar-refractivity contribution in [3.8, 4) is 0 Å². The van der Waals surface area contributed by atoms with Crippen LogP contribution in [0.4, 0.5) is 16.4 Å². The Bertz CT molecular complexity index is 881. The lowest BCUT2D eigenvalue weighted by Gasteiger charge is -2.20. The molecule has 0 saturated carbocycles. The summed E-state index contributed by atoms with van der Waals surface area (Å²) in [7, 11) is 4.02. The van der Waals surface area contributed by atoms with Crippen LogP contribution in [0.25, 0.3) is 0 Å². The predicted octanol–water partition coefficient (Wildman–Crippen LogP) is 3.56. The van der Waals surface area contributed by atoms with Gasteiger partial charge >= 0.3 is 11.9 Å². The molecule has 140 valence electrons. The van der Waals surface area contributed by atoms with Gasteiger partial charge in [-0.1, -0.05) is 41.9 Å². The number of carbonyl (C=O) groups is 1. The first-order valence-electron chi connectivity index (χ1n) is 8.42. The zero-order valence-corrected chi connectivity index (χ0v) is 15.8. The molecule has 2 aromatic carbocycles. The Labute approximate surface area is 162 Å². The van der Waals surface area contributed by atoms with Crippen LogP contribution < -0.4 is 15.3 Å². The molecule has 1 aromatic heterocycles. The first-order valence-corrected chi connectivity index (χ1v) is 8.80. The summed E-state index contributed by atoms with van der Waals surface area (Å²) in [6, 6.07) is 16.7. The molecule has 0 saturated heterocycles. The van der Waals surface area contributed by atoms with Crippen LogP contribution in [0.5, 0.6) is 0 Å². The predicted molar refractivity (Wildman–Crippen MR) is 104 cm³/mol. The van der Waals surface area contributed by atoms with Gasteiger partial charge in [0.05, 0.1) is 6.04 Å². The van der Waals surface area contributed by atoms with E-state index < -0.39 is 6.03 Å². The largest absolute Gasteiger partial charge is 0.326 e. The highest BCUT2D eigenvalue weighted by Gasteiger charge is 2.23. The number of nitrogens with one attached hydrogen (secondary N) is 2. The van der Waals surface area contributed by atoms with Gasteiger partial charge in [-0.25, -0.2) is 4.79 Å². The van der Waals surface area contributed by atoms with E-state index in [0.29, 0.717) is 17.3 Å². The van der Waals surface area contributed by atoms with Gasteiger partial charge in [0.2, 0.25) is 5.27 Å². The summed E-state index contributed by atoms with van der Waals surface area (Å²) >= 11 is 5.83. The Balaban J connectivity index is 1.62. The molecule has 2 amide bonds. The average molecular weight is 387 g/mol. The van der Waals surface area contributed by atoms with Crippen LogP contribution in [-0.4, -0.2) is 30.3 Å². The molecule has 27 heavy (non-hydrogen) atoms. The smallest absolute Gasteiger partial charge is 0.308 e. The second kappa shape index (κ2) is 8.66. The summed E-state index contributed by atoms with van der Waals surface area (Å²) in [6.45, 7) is 0.584. The van der Waals surface area contributed by atoms with E-state index in [1.54, 1.807) is 35.1 Å². The van der Waals surface area contributed by atoms with Crippen LogP contribution in [0, 0.1) is 0 Å². The van der Waals surface area contributed by atoms with Gasteiger partial charge in [-0.2, -0.15) is 0 Å². The number of halogens is 1. The van der Waals surface area contributed by atoms with Gasteiger partial charge in [0.1, 0.15) is 0 Å². The molecule has 7 nitrogen and oxygen atoms in total. The molecular formula is C19H21ClN5O2+. The summed E-state index contributed by atoms with van der Waals surface area (Å²) < 4.78 is 6.87. The van der Waals surface area contributed by atoms with Gasteiger partial charge in [-0.15, -0.1) is 0 Å². The summed E-state index contributed by atoms with van der Waals surface area (Å²) in [5.74, 6) is 0.257. The van der Waals surface area contributed by atoms with Crippen molar-refractivity contribution in [2.75, 3.05) is 24.7 Å². The molecule has 1 unspecified atom stereocenters. The molecule has 0 aliphatic rings. The first-order chi connectivity index (χ1) is 13.0. The Morgan fingerprint density at radius 1 is 1.15 bits per heavy atom. The number of anilines is 2. The van der Waals surface area contributed by atoms with E-state index in [9.17, 15) is 4.79 Å². The van der Waals surface area contributed by atoms with Crippen molar-refractivity contribution in [3.63, 3.8) is 0 Å². The molecule has 8 heteroatoms. The Morgan fingerprint density at radius 2 is 1.85 bits per heavy atom. The Hall–Kier alpha value is -2.90. The minimum atomic E-state index is -0.423. The molecular weight excluding hydrogens is 366 g/mol. The van der Waals surface area contributed by atoms with Crippen LogP contribution in [0.2, 0.25) is 5.02 Å². The fourth-order valence-electron chi connectivity index (χ4n) is 2.65. The molecule has 3 rings (SSSR count). The van der Waals surface area contributed by atoms with E-state index in [-0.39, 0.29) is 11.9 Å². The van der Waals surface area contributed by atoms with E-state index in [1.165, 1.54) is 5.56 Å². The topological polar surface area (TPSA) is 74.3 Å². The fraction of sp³-hybridized carbons (Fsp3) is 0.211. The van der Waals surface area contributed by atoms with Crippen molar-refractivity contribution in [1.29, 1.82) is 0 Å². The molecule has 2 N–H and O–H groups in total. The summed E-state index contributed by atoms with van der Waals surface area (Å²) in [4.78, 5) is 14.2. The SMILES string of the molecule is CN(C)C(C[n+]1cc(NC(=O)Nc2ccc(Cl)cc2)on1)c1ccccc1. The molecule has 3 aromatic rings. The van der Waals surface area contributed by atoms with Crippen molar-refractivity contribution in [2.45, 2.75) is 12.6 Å². The van der Waals surface area contributed by atoms with Gasteiger partial charge in [0, 0.05) is 10.7 Å². The number of carbonyl (C=O) groups excluding carboxylic acids is 1. The third-order valence-corrected chi connectivity index (χ3v) is 4.27. The van der Waals surface area contributed by atoms with Crippen molar-refractivity contribution >= 4 is 29.2 Å². The molecule has 1 atom stereocenters. The maximum Gasteiger partial charge on any atom is 0.326 e. The Morgan fingerprint density at radius 3 is 2.52 bits per heavy atom. The van der Waals surface area contributed by atoms with Gasteiger partial charge in [-0.05, 0) is 48.6 Å². The number of rotatable bonds is 6. The monoisotopic (exact) mass is 386 g/mol. The lowest BCUT2D eigenvalue weighted by Crippen LogP contribution is -2.41. The highest BCUT2D eigenvalue weighted by molar-refractivity contribution is 6.30. The van der Waals surface area contributed by atoms with E-state index in [0.717, 1.165) is 0 Å². The first kappa shape index (κ1) is 18.9. The van der Waals surface area contributed by atoms with Crippen LogP contribution in [0.1, 0.15) is 11.6 Å². The van der Waals surface area contributed by atoms with Crippen molar-refractivity contribution in [2.24, 2.45) is 0 Å². The zero-order valence-electron chi connectivity index (χ0n) is 15.1. The lowest BCUT2D eigenvalue weighted by atomic mass is 10.1. The van der Waals surface area contributed by atoms with E-state index in [2.05, 4.69) is 32.9 Å². The van der Waals surface area contributed by atoms with Gasteiger partial charge in [0.15, 0.2) is 6.54 Å². The summed E-state index contributed by atoms with van der Waals surface area (Å²) in [5, 5.41) is 9.91. The molecule has 0 aliphatic carbocycles. The number of hydrogen-bond donors (Lipinski definition) is 2. The number of aromatic nitrogens is 2. The van der Waals surface area contributed by atoms with E-state index in [1.807, 2.05) is 32.3 Å². The number of urea groups is 1. The molecule has 0 fully saturated rings. The molecule has 0 bridgehead atoms.